The van der Waals surface area contributed by atoms with Crippen LogP contribution in [0.5, 0.6) is 0 Å². The molecule has 0 spiro atoms. The lowest BCUT2D eigenvalue weighted by atomic mass is 9.88. The topological polar surface area (TPSA) is 55.8 Å². The summed E-state index contributed by atoms with van der Waals surface area (Å²) in [6.07, 6.45) is 1.18. The Balaban J connectivity index is 2.50. The highest BCUT2D eigenvalue weighted by Crippen LogP contribution is 2.24. The predicted octanol–water partition coefficient (Wildman–Crippen LogP) is 1.75. The molecule has 1 heterocycles. The van der Waals surface area contributed by atoms with E-state index in [-0.39, 0.29) is 11.9 Å². The minimum absolute atomic E-state index is 0.0475. The molecule has 0 amide bonds. The smallest absolute Gasteiger partial charge is 0.311 e. The summed E-state index contributed by atoms with van der Waals surface area (Å²) in [5, 5.41) is 10.1. The van der Waals surface area contributed by atoms with E-state index in [2.05, 4.69) is 0 Å². The number of hydrogen-bond donors (Lipinski definition) is 1. The molecular formula is C13H24O4. The molecule has 0 aromatic carbocycles. The molecule has 100 valence electrons. The van der Waals surface area contributed by atoms with Gasteiger partial charge in [0.05, 0.1) is 18.6 Å². The van der Waals surface area contributed by atoms with E-state index >= 15 is 0 Å². The Morgan fingerprint density at radius 3 is 2.59 bits per heavy atom. The third-order valence-electron chi connectivity index (χ3n) is 2.97. The first-order valence-corrected chi connectivity index (χ1v) is 6.30. The van der Waals surface area contributed by atoms with Crippen LogP contribution in [0.15, 0.2) is 0 Å². The maximum Gasteiger partial charge on any atom is 0.311 e. The number of rotatable bonds is 3. The fourth-order valence-electron chi connectivity index (χ4n) is 1.98. The van der Waals surface area contributed by atoms with Crippen LogP contribution in [-0.4, -0.2) is 36.0 Å². The van der Waals surface area contributed by atoms with Gasteiger partial charge in [0.1, 0.15) is 5.60 Å². The first-order valence-electron chi connectivity index (χ1n) is 6.30. The Kier molecular flexibility index (Phi) is 4.95. The molecule has 1 N–H and O–H groups in total. The lowest BCUT2D eigenvalue weighted by Gasteiger charge is -2.31. The average Bonchev–Trinajstić information content (AvgIpc) is 2.26. The van der Waals surface area contributed by atoms with Crippen molar-refractivity contribution in [2.24, 2.45) is 11.8 Å². The highest BCUT2D eigenvalue weighted by atomic mass is 16.6. The molecule has 3 atom stereocenters. The lowest BCUT2D eigenvalue weighted by molar-refractivity contribution is -0.165. The zero-order valence-corrected chi connectivity index (χ0v) is 11.2. The van der Waals surface area contributed by atoms with Crippen molar-refractivity contribution in [2.75, 3.05) is 13.2 Å². The summed E-state index contributed by atoms with van der Waals surface area (Å²) in [6.45, 7) is 8.49. The maximum absolute atomic E-state index is 11.8. The van der Waals surface area contributed by atoms with Crippen LogP contribution in [0.2, 0.25) is 0 Å². The zero-order chi connectivity index (χ0) is 13.1. The Bertz CT molecular complexity index is 251. The molecule has 17 heavy (non-hydrogen) atoms. The van der Waals surface area contributed by atoms with E-state index in [1.165, 1.54) is 0 Å². The van der Waals surface area contributed by atoms with Gasteiger partial charge in [0, 0.05) is 12.5 Å². The van der Waals surface area contributed by atoms with Crippen molar-refractivity contribution in [2.45, 2.75) is 52.2 Å². The van der Waals surface area contributed by atoms with E-state index in [4.69, 9.17) is 9.47 Å². The molecule has 0 bridgehead atoms. The van der Waals surface area contributed by atoms with E-state index in [1.54, 1.807) is 6.92 Å². The van der Waals surface area contributed by atoms with Crippen LogP contribution in [0.4, 0.5) is 0 Å². The van der Waals surface area contributed by atoms with E-state index in [0.29, 0.717) is 6.61 Å². The van der Waals surface area contributed by atoms with Gasteiger partial charge in [-0.1, -0.05) is 0 Å². The highest BCUT2D eigenvalue weighted by Gasteiger charge is 2.33. The number of carbonyl (C=O) groups is 1. The van der Waals surface area contributed by atoms with E-state index in [0.717, 1.165) is 19.4 Å². The third-order valence-corrected chi connectivity index (χ3v) is 2.97. The van der Waals surface area contributed by atoms with Gasteiger partial charge in [0.25, 0.3) is 0 Å². The van der Waals surface area contributed by atoms with Gasteiger partial charge in [0.2, 0.25) is 0 Å². The van der Waals surface area contributed by atoms with Crippen molar-refractivity contribution in [3.05, 3.63) is 0 Å². The van der Waals surface area contributed by atoms with Crippen molar-refractivity contribution >= 4 is 5.97 Å². The maximum atomic E-state index is 11.8. The normalized spacial score (nSPS) is 25.1. The number of ether oxygens (including phenoxy) is 2. The molecule has 0 radical (unpaired) electrons. The first kappa shape index (κ1) is 14.5. The second-order valence-corrected chi connectivity index (χ2v) is 5.79. The van der Waals surface area contributed by atoms with E-state index in [1.807, 2.05) is 20.8 Å². The molecule has 4 nitrogen and oxygen atoms in total. The van der Waals surface area contributed by atoms with E-state index in [9.17, 15) is 9.90 Å². The van der Waals surface area contributed by atoms with Crippen LogP contribution < -0.4 is 0 Å². The van der Waals surface area contributed by atoms with Gasteiger partial charge in [0.15, 0.2) is 0 Å². The van der Waals surface area contributed by atoms with Gasteiger partial charge in [-0.05, 0) is 40.5 Å². The van der Waals surface area contributed by atoms with Crippen molar-refractivity contribution in [3.63, 3.8) is 0 Å². The Hall–Kier alpha value is -0.610. The summed E-state index contributed by atoms with van der Waals surface area (Å²) >= 11 is 0. The van der Waals surface area contributed by atoms with Crippen LogP contribution in [0.3, 0.4) is 0 Å². The third kappa shape index (κ3) is 4.64. The fraction of sp³-hybridized carbons (Fsp3) is 0.923. The minimum Gasteiger partial charge on any atom is -0.460 e. The molecule has 1 aliphatic heterocycles. The molecule has 1 fully saturated rings. The zero-order valence-electron chi connectivity index (χ0n) is 11.2. The summed E-state index contributed by atoms with van der Waals surface area (Å²) in [5.41, 5.74) is -0.506. The SMILES string of the molecule is CC(C(=O)OC(C)(C)C)C(O)C1CCCOC1. The second-order valence-electron chi connectivity index (χ2n) is 5.79. The summed E-state index contributed by atoms with van der Waals surface area (Å²) in [4.78, 5) is 11.8. The largest absolute Gasteiger partial charge is 0.460 e. The number of carbonyl (C=O) groups excluding carboxylic acids is 1. The van der Waals surface area contributed by atoms with Gasteiger partial charge < -0.3 is 14.6 Å². The summed E-state index contributed by atoms with van der Waals surface area (Å²) in [7, 11) is 0. The van der Waals surface area contributed by atoms with Crippen molar-refractivity contribution in [3.8, 4) is 0 Å². The lowest BCUT2D eigenvalue weighted by Crippen LogP contribution is -2.39. The Morgan fingerprint density at radius 1 is 1.47 bits per heavy atom. The van der Waals surface area contributed by atoms with Crippen molar-refractivity contribution < 1.29 is 19.4 Å². The minimum atomic E-state index is -0.676. The molecule has 1 rings (SSSR count). The van der Waals surface area contributed by atoms with Crippen LogP contribution in [0.25, 0.3) is 0 Å². The van der Waals surface area contributed by atoms with Crippen molar-refractivity contribution in [1.82, 2.24) is 0 Å². The number of aliphatic hydroxyl groups is 1. The molecular weight excluding hydrogens is 220 g/mol. The summed E-state index contributed by atoms with van der Waals surface area (Å²) in [5.74, 6) is -0.789. The van der Waals surface area contributed by atoms with Gasteiger partial charge in [-0.25, -0.2) is 0 Å². The van der Waals surface area contributed by atoms with Gasteiger partial charge in [-0.2, -0.15) is 0 Å². The van der Waals surface area contributed by atoms with Crippen LogP contribution >= 0.6 is 0 Å². The first-order chi connectivity index (χ1) is 7.81. The molecule has 1 aliphatic rings. The van der Waals surface area contributed by atoms with Gasteiger partial charge >= 0.3 is 5.97 Å². The molecule has 4 heteroatoms. The highest BCUT2D eigenvalue weighted by molar-refractivity contribution is 5.73. The van der Waals surface area contributed by atoms with Gasteiger partial charge in [-0.3, -0.25) is 4.79 Å². The van der Waals surface area contributed by atoms with Crippen LogP contribution in [0.1, 0.15) is 40.5 Å². The molecule has 1 saturated heterocycles. The van der Waals surface area contributed by atoms with Gasteiger partial charge in [-0.15, -0.1) is 0 Å². The summed E-state index contributed by atoms with van der Waals surface area (Å²) in [6, 6.07) is 0. The molecule has 0 aromatic rings. The number of aliphatic hydroxyl groups excluding tert-OH is 1. The van der Waals surface area contributed by atoms with Crippen molar-refractivity contribution in [1.29, 1.82) is 0 Å². The molecule has 0 aromatic heterocycles. The number of esters is 1. The van der Waals surface area contributed by atoms with Crippen LogP contribution in [-0.2, 0) is 14.3 Å². The number of hydrogen-bond acceptors (Lipinski definition) is 4. The molecule has 0 aliphatic carbocycles. The molecule has 0 saturated carbocycles. The van der Waals surface area contributed by atoms with Crippen LogP contribution in [0, 0.1) is 11.8 Å². The quantitative estimate of drug-likeness (QED) is 0.768. The Morgan fingerprint density at radius 2 is 2.12 bits per heavy atom. The second kappa shape index (κ2) is 5.83. The average molecular weight is 244 g/mol. The predicted molar refractivity (Wildman–Crippen MR) is 64.6 cm³/mol. The van der Waals surface area contributed by atoms with E-state index < -0.39 is 17.6 Å². The Labute approximate surface area is 103 Å². The standard InChI is InChI=1S/C13H24O4/c1-9(12(15)17-13(2,3)4)11(14)10-6-5-7-16-8-10/h9-11,14H,5-8H2,1-4H3. The molecule has 3 unspecified atom stereocenters. The summed E-state index contributed by atoms with van der Waals surface area (Å²) < 4.78 is 10.6. The fourth-order valence-corrected chi connectivity index (χ4v) is 1.98. The monoisotopic (exact) mass is 244 g/mol.